The van der Waals surface area contributed by atoms with Crippen molar-refractivity contribution in [1.82, 2.24) is 0 Å². The summed E-state index contributed by atoms with van der Waals surface area (Å²) in [6.45, 7) is 0. The van der Waals surface area contributed by atoms with E-state index in [9.17, 15) is 19.7 Å². The van der Waals surface area contributed by atoms with Gasteiger partial charge in [-0.1, -0.05) is 23.8 Å². The van der Waals surface area contributed by atoms with Gasteiger partial charge >= 0.3 is 0 Å². The predicted octanol–water partition coefficient (Wildman–Crippen LogP) is 4.46. The lowest BCUT2D eigenvalue weighted by Gasteiger charge is -2.16. The van der Waals surface area contributed by atoms with Crippen LogP contribution in [0, 0.1) is 22.0 Å². The van der Waals surface area contributed by atoms with Crippen LogP contribution >= 0.6 is 11.6 Å². The quantitative estimate of drug-likeness (QED) is 0.327. The normalized spacial score (nSPS) is 20.3. The van der Waals surface area contributed by atoms with E-state index in [1.54, 1.807) is 18.2 Å². The maximum Gasteiger partial charge on any atom is 0.294 e. The van der Waals surface area contributed by atoms with Gasteiger partial charge < -0.3 is 10.1 Å². The monoisotopic (exact) mass is 427 g/mol. The summed E-state index contributed by atoms with van der Waals surface area (Å²) >= 11 is 6.12. The zero-order chi connectivity index (χ0) is 21.4. The van der Waals surface area contributed by atoms with Gasteiger partial charge in [0.2, 0.25) is 11.8 Å². The molecule has 1 fully saturated rings. The SMILES string of the molecule is COc1ccc(Nc2ccc(N3C(=O)[C@H]4CC=CC[C@H]4C3=O)cc2[N+](=O)[O-])cc1Cl. The van der Waals surface area contributed by atoms with Crippen molar-refractivity contribution in [2.45, 2.75) is 12.8 Å². The van der Waals surface area contributed by atoms with Crippen molar-refractivity contribution >= 4 is 46.2 Å². The molecular formula is C21H18ClN3O5. The van der Waals surface area contributed by atoms with Crippen LogP contribution in [-0.2, 0) is 9.59 Å². The number of halogens is 1. The first kappa shape index (κ1) is 19.9. The van der Waals surface area contributed by atoms with Crippen LogP contribution in [0.5, 0.6) is 5.75 Å². The number of methoxy groups -OCH3 is 1. The van der Waals surface area contributed by atoms with Gasteiger partial charge in [-0.25, -0.2) is 4.90 Å². The average Bonchev–Trinajstić information content (AvgIpc) is 2.99. The molecule has 1 N–H and O–H groups in total. The Labute approximate surface area is 177 Å². The molecule has 0 aromatic heterocycles. The number of nitrogens with one attached hydrogen (secondary N) is 1. The van der Waals surface area contributed by atoms with Crippen LogP contribution < -0.4 is 15.0 Å². The number of allylic oxidation sites excluding steroid dienone is 2. The number of nitro groups is 1. The van der Waals surface area contributed by atoms with E-state index >= 15 is 0 Å². The molecule has 4 rings (SSSR count). The number of anilines is 3. The number of carbonyl (C=O) groups excluding carboxylic acids is 2. The maximum atomic E-state index is 12.8. The average molecular weight is 428 g/mol. The van der Waals surface area contributed by atoms with E-state index in [-0.39, 0.29) is 28.9 Å². The molecule has 1 aliphatic carbocycles. The van der Waals surface area contributed by atoms with Crippen LogP contribution in [0.15, 0.2) is 48.6 Å². The second-order valence-electron chi connectivity index (χ2n) is 7.10. The fraction of sp³-hybridized carbons (Fsp3) is 0.238. The topological polar surface area (TPSA) is 102 Å². The van der Waals surface area contributed by atoms with Crippen LogP contribution in [0.2, 0.25) is 5.02 Å². The first-order chi connectivity index (χ1) is 14.4. The molecule has 1 saturated heterocycles. The van der Waals surface area contributed by atoms with Gasteiger partial charge in [-0.3, -0.25) is 19.7 Å². The number of carbonyl (C=O) groups is 2. The lowest BCUT2D eigenvalue weighted by atomic mass is 9.85. The molecule has 0 unspecified atom stereocenters. The van der Waals surface area contributed by atoms with Crippen molar-refractivity contribution in [3.8, 4) is 5.75 Å². The lowest BCUT2D eigenvalue weighted by molar-refractivity contribution is -0.383. The Bertz CT molecular complexity index is 1060. The van der Waals surface area contributed by atoms with E-state index in [2.05, 4.69) is 5.32 Å². The minimum absolute atomic E-state index is 0.199. The van der Waals surface area contributed by atoms with Gasteiger partial charge in [0.15, 0.2) is 0 Å². The predicted molar refractivity (Wildman–Crippen MR) is 112 cm³/mol. The Morgan fingerprint density at radius 1 is 1.10 bits per heavy atom. The molecule has 2 amide bonds. The molecule has 2 aromatic rings. The first-order valence-electron chi connectivity index (χ1n) is 9.32. The zero-order valence-corrected chi connectivity index (χ0v) is 16.8. The van der Waals surface area contributed by atoms with Gasteiger partial charge in [-0.15, -0.1) is 0 Å². The highest BCUT2D eigenvalue weighted by Crippen LogP contribution is 2.40. The molecule has 1 heterocycles. The van der Waals surface area contributed by atoms with Crippen LogP contribution in [0.4, 0.5) is 22.7 Å². The summed E-state index contributed by atoms with van der Waals surface area (Å²) in [6.07, 6.45) is 4.80. The fourth-order valence-electron chi connectivity index (χ4n) is 3.87. The number of nitrogens with zero attached hydrogens (tertiary/aromatic N) is 2. The Morgan fingerprint density at radius 2 is 1.77 bits per heavy atom. The molecular weight excluding hydrogens is 410 g/mol. The number of hydrogen-bond acceptors (Lipinski definition) is 6. The van der Waals surface area contributed by atoms with E-state index in [1.165, 1.54) is 25.3 Å². The number of amides is 2. The van der Waals surface area contributed by atoms with Gasteiger partial charge in [-0.2, -0.15) is 0 Å². The molecule has 0 saturated carbocycles. The number of rotatable bonds is 5. The molecule has 154 valence electrons. The molecule has 9 heteroatoms. The van der Waals surface area contributed by atoms with Crippen molar-refractivity contribution in [1.29, 1.82) is 0 Å². The third-order valence-corrected chi connectivity index (χ3v) is 5.67. The van der Waals surface area contributed by atoms with Gasteiger partial charge in [0.05, 0.1) is 34.6 Å². The van der Waals surface area contributed by atoms with Gasteiger partial charge in [0.1, 0.15) is 11.4 Å². The summed E-state index contributed by atoms with van der Waals surface area (Å²) < 4.78 is 5.10. The van der Waals surface area contributed by atoms with E-state index < -0.39 is 16.8 Å². The van der Waals surface area contributed by atoms with E-state index in [1.807, 2.05) is 12.2 Å². The summed E-state index contributed by atoms with van der Waals surface area (Å²) in [5.41, 5.74) is 0.683. The van der Waals surface area contributed by atoms with E-state index in [0.717, 1.165) is 4.90 Å². The molecule has 2 aromatic carbocycles. The highest BCUT2D eigenvalue weighted by atomic mass is 35.5. The number of imide groups is 1. The van der Waals surface area contributed by atoms with Crippen LogP contribution in [0.3, 0.4) is 0 Å². The third-order valence-electron chi connectivity index (χ3n) is 5.37. The number of fused-ring (bicyclic) bond motifs is 1. The summed E-state index contributed by atoms with van der Waals surface area (Å²) in [5.74, 6) is -0.951. The Hall–Kier alpha value is -3.39. The number of benzene rings is 2. The van der Waals surface area contributed by atoms with Crippen LogP contribution in [0.1, 0.15) is 12.8 Å². The van der Waals surface area contributed by atoms with Crippen LogP contribution in [0.25, 0.3) is 0 Å². The summed E-state index contributed by atoms with van der Waals surface area (Å²) in [7, 11) is 1.49. The van der Waals surface area contributed by atoms with Crippen molar-refractivity contribution in [3.63, 3.8) is 0 Å². The van der Waals surface area contributed by atoms with Crippen molar-refractivity contribution in [2.75, 3.05) is 17.3 Å². The molecule has 2 atom stereocenters. The zero-order valence-electron chi connectivity index (χ0n) is 16.0. The number of nitro benzene ring substituents is 1. The Morgan fingerprint density at radius 3 is 2.33 bits per heavy atom. The molecule has 2 aliphatic rings. The van der Waals surface area contributed by atoms with Gasteiger partial charge in [-0.05, 0) is 43.2 Å². The molecule has 8 nitrogen and oxygen atoms in total. The second-order valence-corrected chi connectivity index (χ2v) is 7.51. The third kappa shape index (κ3) is 3.39. The second kappa shape index (κ2) is 7.79. The molecule has 1 aliphatic heterocycles. The fourth-order valence-corrected chi connectivity index (χ4v) is 4.13. The number of hydrogen-bond donors (Lipinski definition) is 1. The van der Waals surface area contributed by atoms with Gasteiger partial charge in [0, 0.05) is 11.8 Å². The molecule has 0 spiro atoms. The van der Waals surface area contributed by atoms with Crippen molar-refractivity contribution in [2.24, 2.45) is 11.8 Å². The summed E-state index contributed by atoms with van der Waals surface area (Å²) in [6, 6.07) is 9.15. The Balaban J connectivity index is 1.66. The summed E-state index contributed by atoms with van der Waals surface area (Å²) in [4.78, 5) is 37.7. The minimum atomic E-state index is -0.559. The van der Waals surface area contributed by atoms with Crippen LogP contribution in [-0.4, -0.2) is 23.8 Å². The summed E-state index contributed by atoms with van der Waals surface area (Å²) in [5, 5.41) is 15.0. The smallest absolute Gasteiger partial charge is 0.294 e. The maximum absolute atomic E-state index is 12.8. The molecule has 30 heavy (non-hydrogen) atoms. The lowest BCUT2D eigenvalue weighted by Crippen LogP contribution is -2.30. The highest BCUT2D eigenvalue weighted by molar-refractivity contribution is 6.32. The molecule has 0 bridgehead atoms. The molecule has 0 radical (unpaired) electrons. The minimum Gasteiger partial charge on any atom is -0.495 e. The van der Waals surface area contributed by atoms with E-state index in [0.29, 0.717) is 29.3 Å². The van der Waals surface area contributed by atoms with Crippen molar-refractivity contribution in [3.05, 3.63) is 63.7 Å². The van der Waals surface area contributed by atoms with Gasteiger partial charge in [0.25, 0.3) is 5.69 Å². The van der Waals surface area contributed by atoms with E-state index in [4.69, 9.17) is 16.3 Å². The largest absolute Gasteiger partial charge is 0.495 e. The van der Waals surface area contributed by atoms with Crippen molar-refractivity contribution < 1.29 is 19.2 Å². The number of ether oxygens (including phenoxy) is 1. The standard InChI is InChI=1S/C21H18ClN3O5/c1-30-19-9-6-12(10-16(19)22)23-17-8-7-13(11-18(17)25(28)29)24-20(26)14-4-2-3-5-15(14)21(24)27/h2-3,6-11,14-15,23H,4-5H2,1H3/t14-,15+. The first-order valence-corrected chi connectivity index (χ1v) is 9.70. The highest BCUT2D eigenvalue weighted by Gasteiger charge is 2.48. The Kier molecular flexibility index (Phi) is 5.17.